The molecule has 0 atom stereocenters. The van der Waals surface area contributed by atoms with E-state index >= 15 is 0 Å². The number of nitrogens with zero attached hydrogens (tertiary/aromatic N) is 2. The van der Waals surface area contributed by atoms with Gasteiger partial charge in [0.15, 0.2) is 0 Å². The van der Waals surface area contributed by atoms with Gasteiger partial charge in [-0.3, -0.25) is 0 Å². The van der Waals surface area contributed by atoms with Crippen LogP contribution in [0.2, 0.25) is 0 Å². The molecule has 0 saturated carbocycles. The van der Waals surface area contributed by atoms with Crippen molar-refractivity contribution in [3.63, 3.8) is 0 Å². The van der Waals surface area contributed by atoms with Crippen LogP contribution in [-0.4, -0.2) is 0 Å². The number of hydrogen-bond donors (Lipinski definition) is 0. The molecule has 0 fully saturated rings. The van der Waals surface area contributed by atoms with Gasteiger partial charge in [0.1, 0.15) is 0 Å². The number of benzene rings is 6. The van der Waals surface area contributed by atoms with E-state index in [9.17, 15) is 0 Å². The third-order valence-electron chi connectivity index (χ3n) is 7.65. The van der Waals surface area contributed by atoms with Gasteiger partial charge in [-0.05, 0) is 66.9 Å². The first-order valence-electron chi connectivity index (χ1n) is 13.9. The molecule has 0 aromatic heterocycles. The second-order valence-corrected chi connectivity index (χ2v) is 10.1. The molecule has 40 heavy (non-hydrogen) atoms. The summed E-state index contributed by atoms with van der Waals surface area (Å²) < 4.78 is 0. The lowest BCUT2D eigenvalue weighted by molar-refractivity contribution is 0.981. The van der Waals surface area contributed by atoms with Crippen molar-refractivity contribution in [3.05, 3.63) is 163 Å². The van der Waals surface area contributed by atoms with E-state index in [-0.39, 0.29) is 0 Å². The van der Waals surface area contributed by atoms with Gasteiger partial charge < -0.3 is 9.80 Å². The summed E-state index contributed by atoms with van der Waals surface area (Å²) in [6.45, 7) is 0. The van der Waals surface area contributed by atoms with Crippen molar-refractivity contribution in [1.82, 2.24) is 0 Å². The van der Waals surface area contributed by atoms with Gasteiger partial charge >= 0.3 is 0 Å². The topological polar surface area (TPSA) is 6.48 Å². The molecule has 1 aliphatic carbocycles. The predicted molar refractivity (Wildman–Crippen MR) is 171 cm³/mol. The number of para-hydroxylation sites is 4. The summed E-state index contributed by atoms with van der Waals surface area (Å²) in [5, 5.41) is 2.48. The molecular weight excluding hydrogens is 484 g/mol. The smallest absolute Gasteiger partial charge is 0.0616 e. The van der Waals surface area contributed by atoms with Crippen LogP contribution in [-0.2, 0) is 6.42 Å². The average Bonchev–Trinajstić information content (AvgIpc) is 3.04. The molecular formula is C38H30N2. The Morgan fingerprint density at radius 1 is 0.400 bits per heavy atom. The second kappa shape index (κ2) is 10.6. The molecule has 1 aliphatic rings. The first-order valence-corrected chi connectivity index (χ1v) is 13.9. The first-order chi connectivity index (χ1) is 19.9. The predicted octanol–water partition coefficient (Wildman–Crippen LogP) is 10.7. The Bertz CT molecular complexity index is 1700. The van der Waals surface area contributed by atoms with Crippen LogP contribution in [0.4, 0.5) is 34.1 Å². The number of allylic oxidation sites excluding steroid dienone is 1. The zero-order chi connectivity index (χ0) is 26.7. The summed E-state index contributed by atoms with van der Waals surface area (Å²) in [4.78, 5) is 4.87. The van der Waals surface area contributed by atoms with Gasteiger partial charge in [-0.2, -0.15) is 0 Å². The Kier molecular flexibility index (Phi) is 6.35. The Labute approximate surface area is 236 Å². The van der Waals surface area contributed by atoms with E-state index in [1.807, 2.05) is 0 Å². The van der Waals surface area contributed by atoms with Crippen LogP contribution in [0, 0.1) is 0 Å². The molecule has 7 rings (SSSR count). The van der Waals surface area contributed by atoms with Gasteiger partial charge in [-0.15, -0.1) is 0 Å². The number of fused-ring (bicyclic) bond motifs is 2. The molecule has 0 unspecified atom stereocenters. The summed E-state index contributed by atoms with van der Waals surface area (Å²) in [5.41, 5.74) is 9.76. The largest absolute Gasteiger partial charge is 0.310 e. The van der Waals surface area contributed by atoms with Crippen LogP contribution in [0.15, 0.2) is 152 Å². The molecule has 0 aliphatic heterocycles. The van der Waals surface area contributed by atoms with Gasteiger partial charge in [0.2, 0.25) is 0 Å². The highest BCUT2D eigenvalue weighted by Crippen LogP contribution is 2.51. The highest BCUT2D eigenvalue weighted by molar-refractivity contribution is 6.12. The summed E-state index contributed by atoms with van der Waals surface area (Å²) in [6.07, 6.45) is 6.67. The highest BCUT2D eigenvalue weighted by Gasteiger charge is 2.28. The molecule has 0 heterocycles. The standard InChI is InChI=1S/C38H30N2/c1-5-17-29(18-6-1)39(30-19-7-2-8-20-30)37-33-25-13-15-27-35(33)38(36-28-16-14-26-34(36)37)40(31-21-9-3-10-22-31)32-23-11-4-12-24-32/h1-15,17-27H,16,28H2. The maximum Gasteiger partial charge on any atom is 0.0616 e. The van der Waals surface area contributed by atoms with Crippen molar-refractivity contribution in [1.29, 1.82) is 0 Å². The quantitative estimate of drug-likeness (QED) is 0.204. The number of anilines is 6. The Hall–Kier alpha value is -5.08. The van der Waals surface area contributed by atoms with E-state index in [4.69, 9.17) is 0 Å². The SMILES string of the molecule is C1=Cc2c(c(N(c3ccccc3)c3ccccc3)c3ccccc3c2N(c2ccccc2)c2ccccc2)CC1. The Morgan fingerprint density at radius 3 is 1.23 bits per heavy atom. The summed E-state index contributed by atoms with van der Waals surface area (Å²) >= 11 is 0. The molecule has 6 aromatic carbocycles. The molecule has 2 nitrogen and oxygen atoms in total. The van der Waals surface area contributed by atoms with Crippen LogP contribution in [0.1, 0.15) is 17.5 Å². The van der Waals surface area contributed by atoms with Gasteiger partial charge in [0.25, 0.3) is 0 Å². The van der Waals surface area contributed by atoms with Gasteiger partial charge in [-0.1, -0.05) is 109 Å². The van der Waals surface area contributed by atoms with Gasteiger partial charge in [0, 0.05) is 39.1 Å². The first kappa shape index (κ1) is 24.0. The normalized spacial score (nSPS) is 12.2. The van der Waals surface area contributed by atoms with Gasteiger partial charge in [-0.25, -0.2) is 0 Å². The van der Waals surface area contributed by atoms with Crippen molar-refractivity contribution in [3.8, 4) is 0 Å². The molecule has 2 heteroatoms. The summed E-state index contributed by atoms with van der Waals surface area (Å²) in [5.74, 6) is 0. The molecule has 0 N–H and O–H groups in total. The van der Waals surface area contributed by atoms with Crippen molar-refractivity contribution in [2.75, 3.05) is 9.80 Å². The fourth-order valence-electron chi connectivity index (χ4n) is 5.95. The van der Waals surface area contributed by atoms with Crippen molar-refractivity contribution >= 4 is 51.0 Å². The summed E-state index contributed by atoms with van der Waals surface area (Å²) in [7, 11) is 0. The molecule has 192 valence electrons. The minimum Gasteiger partial charge on any atom is -0.310 e. The Morgan fingerprint density at radius 2 is 0.775 bits per heavy atom. The molecule has 0 radical (unpaired) electrons. The maximum absolute atomic E-state index is 2.44. The third kappa shape index (κ3) is 4.24. The monoisotopic (exact) mass is 514 g/mol. The fourth-order valence-corrected chi connectivity index (χ4v) is 5.95. The lowest BCUT2D eigenvalue weighted by Crippen LogP contribution is -2.18. The summed E-state index contributed by atoms with van der Waals surface area (Å²) in [6, 6.07) is 51.9. The van der Waals surface area contributed by atoms with E-state index in [1.54, 1.807) is 0 Å². The van der Waals surface area contributed by atoms with Crippen molar-refractivity contribution in [2.45, 2.75) is 12.8 Å². The van der Waals surface area contributed by atoms with E-state index in [0.717, 1.165) is 35.6 Å². The Balaban J connectivity index is 1.59. The van der Waals surface area contributed by atoms with Crippen LogP contribution in [0.5, 0.6) is 0 Å². The minimum absolute atomic E-state index is 0.979. The molecule has 0 saturated heterocycles. The van der Waals surface area contributed by atoms with E-state index in [2.05, 4.69) is 168 Å². The zero-order valence-corrected chi connectivity index (χ0v) is 22.3. The van der Waals surface area contributed by atoms with E-state index < -0.39 is 0 Å². The van der Waals surface area contributed by atoms with Crippen molar-refractivity contribution in [2.24, 2.45) is 0 Å². The zero-order valence-electron chi connectivity index (χ0n) is 22.3. The highest BCUT2D eigenvalue weighted by atomic mass is 15.2. The van der Waals surface area contributed by atoms with E-state index in [0.29, 0.717) is 0 Å². The lowest BCUT2D eigenvalue weighted by Gasteiger charge is -2.35. The van der Waals surface area contributed by atoms with Crippen LogP contribution < -0.4 is 9.80 Å². The fraction of sp³-hybridized carbons (Fsp3) is 0.0526. The van der Waals surface area contributed by atoms with E-state index in [1.165, 1.54) is 33.3 Å². The third-order valence-corrected chi connectivity index (χ3v) is 7.65. The molecule has 6 aromatic rings. The average molecular weight is 515 g/mol. The van der Waals surface area contributed by atoms with Crippen LogP contribution in [0.25, 0.3) is 16.8 Å². The number of rotatable bonds is 6. The van der Waals surface area contributed by atoms with Crippen molar-refractivity contribution < 1.29 is 0 Å². The lowest BCUT2D eigenvalue weighted by atomic mass is 9.87. The van der Waals surface area contributed by atoms with Crippen LogP contribution in [0.3, 0.4) is 0 Å². The number of hydrogen-bond acceptors (Lipinski definition) is 2. The molecule has 0 spiro atoms. The van der Waals surface area contributed by atoms with Gasteiger partial charge in [0.05, 0.1) is 11.4 Å². The minimum atomic E-state index is 0.979. The van der Waals surface area contributed by atoms with Crippen LogP contribution >= 0.6 is 0 Å². The molecule has 0 bridgehead atoms. The molecule has 0 amide bonds. The maximum atomic E-state index is 2.44. The second-order valence-electron chi connectivity index (χ2n) is 10.1.